The Hall–Kier alpha value is -0.930. The normalized spacial score (nSPS) is 13.1. The lowest BCUT2D eigenvalue weighted by Crippen LogP contribution is -2.38. The Bertz CT molecular complexity index is 246. The number of nitrogens with one attached hydrogen (secondary N) is 1. The summed E-state index contributed by atoms with van der Waals surface area (Å²) in [6.07, 6.45) is 4.53. The van der Waals surface area contributed by atoms with Gasteiger partial charge in [-0.1, -0.05) is 19.9 Å². The Kier molecular flexibility index (Phi) is 4.56. The smallest absolute Gasteiger partial charge is 0.0300 e. The zero-order valence-corrected chi connectivity index (χ0v) is 8.90. The zero-order chi connectivity index (χ0) is 10.4. The van der Waals surface area contributed by atoms with E-state index in [1.165, 1.54) is 5.56 Å². The number of nitrogens with zero attached hydrogens (tertiary/aromatic N) is 1. The number of aromatic nitrogens is 1. The first kappa shape index (κ1) is 11.1. The number of nitrogens with two attached hydrogens (primary N) is 1. The van der Waals surface area contributed by atoms with E-state index in [1.54, 1.807) is 6.20 Å². The van der Waals surface area contributed by atoms with E-state index in [1.807, 2.05) is 12.3 Å². The minimum absolute atomic E-state index is 0.168. The molecule has 0 aromatic carbocycles. The highest BCUT2D eigenvalue weighted by Crippen LogP contribution is 1.99. The van der Waals surface area contributed by atoms with Gasteiger partial charge in [0.2, 0.25) is 0 Å². The Labute approximate surface area is 85.7 Å². The molecule has 1 unspecified atom stereocenters. The van der Waals surface area contributed by atoms with Gasteiger partial charge in [-0.2, -0.15) is 0 Å². The Balaban J connectivity index is 2.30. The first-order valence-corrected chi connectivity index (χ1v) is 5.06. The van der Waals surface area contributed by atoms with Gasteiger partial charge in [0.15, 0.2) is 0 Å². The third-order valence-corrected chi connectivity index (χ3v) is 2.01. The maximum atomic E-state index is 5.96. The van der Waals surface area contributed by atoms with Crippen molar-refractivity contribution in [3.8, 4) is 0 Å². The van der Waals surface area contributed by atoms with Crippen LogP contribution < -0.4 is 11.1 Å². The van der Waals surface area contributed by atoms with E-state index < -0.39 is 0 Å². The Morgan fingerprint density at radius 2 is 2.29 bits per heavy atom. The fourth-order valence-electron chi connectivity index (χ4n) is 1.28. The summed E-state index contributed by atoms with van der Waals surface area (Å²) < 4.78 is 0. The largest absolute Gasteiger partial charge is 0.326 e. The second-order valence-electron chi connectivity index (χ2n) is 3.89. The van der Waals surface area contributed by atoms with Crippen LogP contribution in [0.2, 0.25) is 0 Å². The average molecular weight is 193 g/mol. The molecule has 0 amide bonds. The van der Waals surface area contributed by atoms with E-state index in [0.29, 0.717) is 6.04 Å². The third kappa shape index (κ3) is 4.35. The molecular weight excluding hydrogens is 174 g/mol. The fraction of sp³-hybridized carbons (Fsp3) is 0.545. The minimum atomic E-state index is 0.168. The predicted octanol–water partition coefficient (Wildman–Crippen LogP) is 0.949. The summed E-state index contributed by atoms with van der Waals surface area (Å²) in [5.74, 6) is 0. The summed E-state index contributed by atoms with van der Waals surface area (Å²) in [5.41, 5.74) is 7.16. The molecule has 3 N–H and O–H groups in total. The Morgan fingerprint density at radius 3 is 2.86 bits per heavy atom. The van der Waals surface area contributed by atoms with Crippen LogP contribution >= 0.6 is 0 Å². The fourth-order valence-corrected chi connectivity index (χ4v) is 1.28. The van der Waals surface area contributed by atoms with E-state index in [-0.39, 0.29) is 6.04 Å². The van der Waals surface area contributed by atoms with Gasteiger partial charge in [-0.3, -0.25) is 4.98 Å². The number of pyridine rings is 1. The molecule has 0 saturated carbocycles. The molecule has 1 heterocycles. The van der Waals surface area contributed by atoms with Crippen LogP contribution in [0.4, 0.5) is 0 Å². The molecule has 0 aliphatic carbocycles. The van der Waals surface area contributed by atoms with Gasteiger partial charge in [0, 0.05) is 31.0 Å². The third-order valence-electron chi connectivity index (χ3n) is 2.01. The molecule has 0 radical (unpaired) electrons. The Morgan fingerprint density at radius 1 is 1.50 bits per heavy atom. The molecule has 0 bridgehead atoms. The van der Waals surface area contributed by atoms with Gasteiger partial charge < -0.3 is 11.1 Å². The second-order valence-corrected chi connectivity index (χ2v) is 3.89. The van der Waals surface area contributed by atoms with Gasteiger partial charge in [-0.25, -0.2) is 0 Å². The molecule has 78 valence electrons. The van der Waals surface area contributed by atoms with Gasteiger partial charge in [0.05, 0.1) is 0 Å². The lowest BCUT2D eigenvalue weighted by molar-refractivity contribution is 0.523. The van der Waals surface area contributed by atoms with Crippen molar-refractivity contribution >= 4 is 0 Å². The van der Waals surface area contributed by atoms with Gasteiger partial charge in [0.1, 0.15) is 0 Å². The van der Waals surface area contributed by atoms with Crippen LogP contribution in [0.25, 0.3) is 0 Å². The van der Waals surface area contributed by atoms with Crippen LogP contribution in [0.1, 0.15) is 19.4 Å². The topological polar surface area (TPSA) is 50.9 Å². The number of hydrogen-bond acceptors (Lipinski definition) is 3. The van der Waals surface area contributed by atoms with Crippen molar-refractivity contribution < 1.29 is 0 Å². The standard InChI is InChI=1S/C11H19N3/c1-9(2)14-8-11(12)6-10-4-3-5-13-7-10/h3-5,7,9,11,14H,6,8,12H2,1-2H3. The van der Waals surface area contributed by atoms with Gasteiger partial charge in [-0.05, 0) is 18.1 Å². The van der Waals surface area contributed by atoms with E-state index in [2.05, 4.69) is 30.2 Å². The molecule has 3 nitrogen and oxygen atoms in total. The molecule has 14 heavy (non-hydrogen) atoms. The van der Waals surface area contributed by atoms with Gasteiger partial charge in [0.25, 0.3) is 0 Å². The molecule has 1 rings (SSSR count). The van der Waals surface area contributed by atoms with Gasteiger partial charge in [-0.15, -0.1) is 0 Å². The lowest BCUT2D eigenvalue weighted by atomic mass is 10.1. The molecule has 0 aliphatic heterocycles. The van der Waals surface area contributed by atoms with Crippen molar-refractivity contribution in [2.75, 3.05) is 6.54 Å². The zero-order valence-electron chi connectivity index (χ0n) is 8.90. The summed E-state index contributed by atoms with van der Waals surface area (Å²) in [6, 6.07) is 4.66. The monoisotopic (exact) mass is 193 g/mol. The molecule has 1 atom stereocenters. The first-order chi connectivity index (χ1) is 6.68. The van der Waals surface area contributed by atoms with E-state index in [9.17, 15) is 0 Å². The second kappa shape index (κ2) is 5.73. The van der Waals surface area contributed by atoms with E-state index >= 15 is 0 Å². The maximum absolute atomic E-state index is 5.96. The van der Waals surface area contributed by atoms with Crippen LogP contribution in [-0.4, -0.2) is 23.6 Å². The number of rotatable bonds is 5. The lowest BCUT2D eigenvalue weighted by Gasteiger charge is -2.14. The minimum Gasteiger partial charge on any atom is -0.326 e. The molecule has 3 heteroatoms. The van der Waals surface area contributed by atoms with Crippen molar-refractivity contribution in [3.05, 3.63) is 30.1 Å². The van der Waals surface area contributed by atoms with Crippen molar-refractivity contribution in [1.82, 2.24) is 10.3 Å². The van der Waals surface area contributed by atoms with Crippen LogP contribution in [0.3, 0.4) is 0 Å². The van der Waals surface area contributed by atoms with E-state index in [4.69, 9.17) is 5.73 Å². The summed E-state index contributed by atoms with van der Waals surface area (Å²) in [5, 5.41) is 3.32. The van der Waals surface area contributed by atoms with Crippen LogP contribution in [0, 0.1) is 0 Å². The first-order valence-electron chi connectivity index (χ1n) is 5.06. The molecule has 0 fully saturated rings. The summed E-state index contributed by atoms with van der Waals surface area (Å²) in [4.78, 5) is 4.06. The van der Waals surface area contributed by atoms with Crippen molar-refractivity contribution in [1.29, 1.82) is 0 Å². The van der Waals surface area contributed by atoms with E-state index in [0.717, 1.165) is 13.0 Å². The van der Waals surface area contributed by atoms with Crippen molar-refractivity contribution in [3.63, 3.8) is 0 Å². The molecular formula is C11H19N3. The van der Waals surface area contributed by atoms with Crippen LogP contribution in [0.15, 0.2) is 24.5 Å². The predicted molar refractivity (Wildman–Crippen MR) is 59.1 cm³/mol. The van der Waals surface area contributed by atoms with Crippen LogP contribution in [0.5, 0.6) is 0 Å². The average Bonchev–Trinajstić information content (AvgIpc) is 2.16. The molecule has 1 aromatic heterocycles. The van der Waals surface area contributed by atoms with Crippen LogP contribution in [-0.2, 0) is 6.42 Å². The highest BCUT2D eigenvalue weighted by atomic mass is 14.9. The van der Waals surface area contributed by atoms with Crippen molar-refractivity contribution in [2.24, 2.45) is 5.73 Å². The summed E-state index contributed by atoms with van der Waals surface area (Å²) in [7, 11) is 0. The molecule has 0 spiro atoms. The van der Waals surface area contributed by atoms with Gasteiger partial charge >= 0.3 is 0 Å². The highest BCUT2D eigenvalue weighted by molar-refractivity contribution is 5.10. The summed E-state index contributed by atoms with van der Waals surface area (Å²) >= 11 is 0. The quantitative estimate of drug-likeness (QED) is 0.732. The maximum Gasteiger partial charge on any atom is 0.0300 e. The summed E-state index contributed by atoms with van der Waals surface area (Å²) in [6.45, 7) is 5.10. The molecule has 1 aromatic rings. The highest BCUT2D eigenvalue weighted by Gasteiger charge is 2.04. The SMILES string of the molecule is CC(C)NCC(N)Cc1cccnc1. The molecule has 0 saturated heterocycles. The van der Waals surface area contributed by atoms with Crippen molar-refractivity contribution in [2.45, 2.75) is 32.4 Å². The molecule has 0 aliphatic rings. The number of hydrogen-bond donors (Lipinski definition) is 2.